The number of amides is 1. The topological polar surface area (TPSA) is 47.2 Å². The fourth-order valence-corrected chi connectivity index (χ4v) is 5.33. The molecule has 3 aliphatic carbocycles. The number of aliphatic imine (C=N–C) groups is 1. The third kappa shape index (κ3) is 4.10. The Morgan fingerprint density at radius 1 is 1.29 bits per heavy atom. The van der Waals surface area contributed by atoms with Crippen LogP contribution in [-0.2, 0) is 6.42 Å². The van der Waals surface area contributed by atoms with Crippen molar-refractivity contribution in [1.29, 1.82) is 0 Å². The number of hydrogen-bond acceptors (Lipinski definition) is 3. The first-order valence-electron chi connectivity index (χ1n) is 10.5. The Morgan fingerprint density at radius 2 is 2.10 bits per heavy atom. The van der Waals surface area contributed by atoms with Gasteiger partial charge in [-0.15, -0.1) is 0 Å². The molecule has 1 aromatic rings. The van der Waals surface area contributed by atoms with Gasteiger partial charge in [-0.25, -0.2) is 4.99 Å². The van der Waals surface area contributed by atoms with Crippen LogP contribution in [0, 0.1) is 11.8 Å². The van der Waals surface area contributed by atoms with Crippen LogP contribution in [-0.4, -0.2) is 26.9 Å². The highest BCUT2D eigenvalue weighted by Gasteiger charge is 2.47. The van der Waals surface area contributed by atoms with E-state index in [1.165, 1.54) is 0 Å². The zero-order valence-electron chi connectivity index (χ0n) is 17.0. The van der Waals surface area contributed by atoms with Crippen molar-refractivity contribution in [3.63, 3.8) is 0 Å². The first-order chi connectivity index (χ1) is 14.8. The quantitative estimate of drug-likeness (QED) is 0.536. The molecular weight excluding hydrogens is 423 g/mol. The predicted octanol–water partition coefficient (Wildman–Crippen LogP) is 6.44. The second kappa shape index (κ2) is 7.65. The second-order valence-corrected chi connectivity index (χ2v) is 9.50. The maximum atomic E-state index is 13.7. The lowest BCUT2D eigenvalue weighted by molar-refractivity contribution is -0.165. The van der Waals surface area contributed by atoms with Crippen molar-refractivity contribution in [3.8, 4) is 0 Å². The molecule has 162 valence electrons. The average Bonchev–Trinajstić information content (AvgIpc) is 3.37. The van der Waals surface area contributed by atoms with Crippen LogP contribution in [0.25, 0.3) is 6.08 Å². The highest BCUT2D eigenvalue weighted by Crippen LogP contribution is 2.50. The van der Waals surface area contributed by atoms with E-state index in [9.17, 15) is 18.0 Å². The third-order valence-electron chi connectivity index (χ3n) is 6.25. The van der Waals surface area contributed by atoms with Crippen LogP contribution in [0.4, 0.5) is 18.0 Å². The molecule has 0 saturated heterocycles. The van der Waals surface area contributed by atoms with Gasteiger partial charge in [-0.3, -0.25) is 9.48 Å². The number of thioether (sulfide) groups is 1. The molecular formula is C23H22F3N3OS. The van der Waals surface area contributed by atoms with Crippen LogP contribution < -0.4 is 0 Å². The Labute approximate surface area is 182 Å². The van der Waals surface area contributed by atoms with Crippen LogP contribution in [0.15, 0.2) is 51.5 Å². The van der Waals surface area contributed by atoms with E-state index in [0.29, 0.717) is 5.57 Å². The molecule has 1 aromatic heterocycles. The van der Waals surface area contributed by atoms with Crippen LogP contribution in [0.1, 0.15) is 49.9 Å². The Bertz CT molecular complexity index is 1090. The van der Waals surface area contributed by atoms with E-state index in [1.54, 1.807) is 22.9 Å². The standard InChI is InChI=1S/C23H22F3N3OS/c1-13-20(31-22(30)27-13)11-14-6-9-19-16(10-14)12-29(28-19)21(15-7-8-15)17-4-2-3-5-18(17)23(24,25)26/h2-4,10-12,15,18,21H,5-9H2,1H3/b20-11-. The van der Waals surface area contributed by atoms with Crippen molar-refractivity contribution >= 4 is 28.8 Å². The molecule has 0 aromatic carbocycles. The van der Waals surface area contributed by atoms with Gasteiger partial charge in [-0.2, -0.15) is 18.3 Å². The number of hydrogen-bond donors (Lipinski definition) is 0. The fourth-order valence-electron chi connectivity index (χ4n) is 4.56. The number of aromatic nitrogens is 2. The molecule has 2 atom stereocenters. The maximum absolute atomic E-state index is 13.7. The van der Waals surface area contributed by atoms with Gasteiger partial charge in [0.2, 0.25) is 0 Å². The molecule has 5 rings (SSSR count). The summed E-state index contributed by atoms with van der Waals surface area (Å²) in [7, 11) is 0. The van der Waals surface area contributed by atoms with Gasteiger partial charge in [-0.1, -0.05) is 18.2 Å². The highest BCUT2D eigenvalue weighted by molar-refractivity contribution is 8.18. The monoisotopic (exact) mass is 445 g/mol. The van der Waals surface area contributed by atoms with Gasteiger partial charge in [0.15, 0.2) is 0 Å². The number of carbonyl (C=O) groups is 1. The molecule has 4 nitrogen and oxygen atoms in total. The summed E-state index contributed by atoms with van der Waals surface area (Å²) in [4.78, 5) is 16.3. The average molecular weight is 446 g/mol. The molecule has 2 heterocycles. The number of fused-ring (bicyclic) bond motifs is 1. The summed E-state index contributed by atoms with van der Waals surface area (Å²) in [6.45, 7) is 1.82. The molecule has 0 bridgehead atoms. The summed E-state index contributed by atoms with van der Waals surface area (Å²) in [6.07, 6.45) is 10.0. The molecule has 0 N–H and O–H groups in total. The Morgan fingerprint density at radius 3 is 2.77 bits per heavy atom. The van der Waals surface area contributed by atoms with Gasteiger partial charge in [0, 0.05) is 16.7 Å². The summed E-state index contributed by atoms with van der Waals surface area (Å²) in [5.41, 5.74) is 4.10. The van der Waals surface area contributed by atoms with Gasteiger partial charge >= 0.3 is 11.4 Å². The minimum absolute atomic E-state index is 0.00551. The first-order valence-corrected chi connectivity index (χ1v) is 11.3. The SMILES string of the molecule is CC1=NC(=O)S/C1=C\C1=Cc2cn(C(C3=CC=CCC3C(F)(F)F)C3CC3)nc2CC1. The molecule has 0 radical (unpaired) electrons. The molecule has 1 fully saturated rings. The van der Waals surface area contributed by atoms with Gasteiger partial charge in [0.05, 0.1) is 23.4 Å². The number of allylic oxidation sites excluding steroid dienone is 7. The van der Waals surface area contributed by atoms with Crippen molar-refractivity contribution in [1.82, 2.24) is 9.78 Å². The molecule has 0 spiro atoms. The predicted molar refractivity (Wildman–Crippen MR) is 116 cm³/mol. The number of rotatable bonds is 4. The lowest BCUT2D eigenvalue weighted by atomic mass is 9.84. The number of nitrogens with zero attached hydrogens (tertiary/aromatic N) is 3. The van der Waals surface area contributed by atoms with E-state index in [1.807, 2.05) is 25.3 Å². The van der Waals surface area contributed by atoms with Crippen molar-refractivity contribution in [2.45, 2.75) is 51.2 Å². The van der Waals surface area contributed by atoms with Crippen LogP contribution in [0.3, 0.4) is 0 Å². The van der Waals surface area contributed by atoms with E-state index < -0.39 is 12.1 Å². The van der Waals surface area contributed by atoms with Crippen molar-refractivity contribution < 1.29 is 18.0 Å². The Kier molecular flexibility index (Phi) is 5.07. The molecule has 8 heteroatoms. The van der Waals surface area contributed by atoms with E-state index in [4.69, 9.17) is 5.10 Å². The minimum atomic E-state index is -4.26. The van der Waals surface area contributed by atoms with E-state index in [0.717, 1.165) is 64.9 Å². The molecule has 1 saturated carbocycles. The third-order valence-corrected chi connectivity index (χ3v) is 7.15. The normalized spacial score (nSPS) is 25.9. The Hall–Kier alpha value is -2.35. The summed E-state index contributed by atoms with van der Waals surface area (Å²) in [5.74, 6) is -1.24. The van der Waals surface area contributed by atoms with Crippen molar-refractivity contribution in [2.24, 2.45) is 16.8 Å². The van der Waals surface area contributed by atoms with Gasteiger partial charge in [-0.05, 0) is 80.0 Å². The van der Waals surface area contributed by atoms with Gasteiger partial charge < -0.3 is 0 Å². The second-order valence-electron chi connectivity index (χ2n) is 8.51. The zero-order chi connectivity index (χ0) is 21.8. The summed E-state index contributed by atoms with van der Waals surface area (Å²) < 4.78 is 43.0. The van der Waals surface area contributed by atoms with Crippen LogP contribution in [0.2, 0.25) is 0 Å². The number of halogens is 3. The van der Waals surface area contributed by atoms with Gasteiger partial charge in [0.25, 0.3) is 0 Å². The Balaban J connectivity index is 1.47. The first kappa shape index (κ1) is 20.5. The molecule has 1 amide bonds. The van der Waals surface area contributed by atoms with E-state index in [2.05, 4.69) is 4.99 Å². The van der Waals surface area contributed by atoms with Crippen LogP contribution >= 0.6 is 11.8 Å². The summed E-state index contributed by atoms with van der Waals surface area (Å²) in [6, 6.07) is -0.352. The minimum Gasteiger partial charge on any atom is -0.264 e. The molecule has 2 unspecified atom stereocenters. The molecule has 1 aliphatic heterocycles. The van der Waals surface area contributed by atoms with Crippen molar-refractivity contribution in [3.05, 3.63) is 57.8 Å². The van der Waals surface area contributed by atoms with E-state index >= 15 is 0 Å². The maximum Gasteiger partial charge on any atom is 0.395 e. The molecule has 4 aliphatic rings. The number of carbonyl (C=O) groups excluding carboxylic acids is 1. The number of aryl methyl sites for hydroxylation is 1. The lowest BCUT2D eigenvalue weighted by Gasteiger charge is -2.30. The van der Waals surface area contributed by atoms with Gasteiger partial charge in [0.1, 0.15) is 0 Å². The zero-order valence-corrected chi connectivity index (χ0v) is 17.8. The lowest BCUT2D eigenvalue weighted by Crippen LogP contribution is -2.31. The smallest absolute Gasteiger partial charge is 0.264 e. The van der Waals surface area contributed by atoms with E-state index in [-0.39, 0.29) is 23.6 Å². The fraction of sp³-hybridized carbons (Fsp3) is 0.435. The van der Waals surface area contributed by atoms with Crippen molar-refractivity contribution in [2.75, 3.05) is 0 Å². The summed E-state index contributed by atoms with van der Waals surface area (Å²) >= 11 is 1.13. The largest absolute Gasteiger partial charge is 0.395 e. The van der Waals surface area contributed by atoms with Crippen LogP contribution in [0.5, 0.6) is 0 Å². The number of alkyl halides is 3. The molecule has 31 heavy (non-hydrogen) atoms. The highest BCUT2D eigenvalue weighted by atomic mass is 32.2. The summed E-state index contributed by atoms with van der Waals surface area (Å²) in [5, 5.41) is 4.53.